The zero-order valence-electron chi connectivity index (χ0n) is 10.0. The minimum Gasteiger partial charge on any atom is -0.294 e. The molecule has 18 heavy (non-hydrogen) atoms. The highest BCUT2D eigenvalue weighted by molar-refractivity contribution is 6.13. The molecule has 0 aromatic heterocycles. The first kappa shape index (κ1) is 12.2. The standard InChI is InChI=1S/C16H14O2/c17-15(13-8-4-1-2-5-9-13)12-16(18)14-10-6-3-7-11-14/h1-8,10-11H,9,12H2. The van der Waals surface area contributed by atoms with E-state index in [4.69, 9.17) is 0 Å². The molecule has 0 spiro atoms. The van der Waals surface area contributed by atoms with Gasteiger partial charge in [-0.3, -0.25) is 9.59 Å². The topological polar surface area (TPSA) is 34.1 Å². The average molecular weight is 238 g/mol. The summed E-state index contributed by atoms with van der Waals surface area (Å²) in [6, 6.07) is 8.91. The van der Waals surface area contributed by atoms with E-state index in [0.29, 0.717) is 17.6 Å². The van der Waals surface area contributed by atoms with Gasteiger partial charge in [0, 0.05) is 5.56 Å². The van der Waals surface area contributed by atoms with E-state index < -0.39 is 0 Å². The summed E-state index contributed by atoms with van der Waals surface area (Å²) in [7, 11) is 0. The van der Waals surface area contributed by atoms with Gasteiger partial charge in [0.2, 0.25) is 0 Å². The SMILES string of the molecule is O=C(CC(=O)c1ccccc1)C1=CC=CC=CC1. The number of carbonyl (C=O) groups is 2. The zero-order valence-corrected chi connectivity index (χ0v) is 10.0. The van der Waals surface area contributed by atoms with Crippen LogP contribution in [0.25, 0.3) is 0 Å². The van der Waals surface area contributed by atoms with Gasteiger partial charge in [-0.1, -0.05) is 60.7 Å². The lowest BCUT2D eigenvalue weighted by Crippen LogP contribution is -2.10. The fourth-order valence-electron chi connectivity index (χ4n) is 1.77. The Morgan fingerprint density at radius 3 is 2.50 bits per heavy atom. The minimum absolute atomic E-state index is 0.0580. The van der Waals surface area contributed by atoms with Crippen LogP contribution in [0.1, 0.15) is 23.2 Å². The number of hydrogen-bond acceptors (Lipinski definition) is 2. The predicted octanol–water partition coefficient (Wildman–Crippen LogP) is 3.27. The molecule has 1 aliphatic rings. The van der Waals surface area contributed by atoms with Crippen LogP contribution in [0.4, 0.5) is 0 Å². The van der Waals surface area contributed by atoms with Crippen molar-refractivity contribution in [2.45, 2.75) is 12.8 Å². The fourth-order valence-corrected chi connectivity index (χ4v) is 1.77. The highest BCUT2D eigenvalue weighted by Gasteiger charge is 2.14. The molecule has 2 rings (SSSR count). The molecule has 1 aromatic rings. The lowest BCUT2D eigenvalue weighted by Gasteiger charge is -2.03. The van der Waals surface area contributed by atoms with Crippen LogP contribution in [0.2, 0.25) is 0 Å². The monoisotopic (exact) mass is 238 g/mol. The van der Waals surface area contributed by atoms with Crippen LogP contribution in [-0.4, -0.2) is 11.6 Å². The third-order valence-electron chi connectivity index (χ3n) is 2.77. The number of Topliss-reactive ketones (excluding diaryl/α,β-unsaturated/α-hetero) is 2. The molecule has 0 N–H and O–H groups in total. The van der Waals surface area contributed by atoms with Crippen LogP contribution in [-0.2, 0) is 4.79 Å². The average Bonchev–Trinajstić information content (AvgIpc) is 2.68. The molecule has 0 atom stereocenters. The summed E-state index contributed by atoms with van der Waals surface area (Å²) in [4.78, 5) is 23.9. The molecular formula is C16H14O2. The lowest BCUT2D eigenvalue weighted by atomic mass is 10.00. The lowest BCUT2D eigenvalue weighted by molar-refractivity contribution is -0.114. The van der Waals surface area contributed by atoms with Gasteiger partial charge in [0.05, 0.1) is 6.42 Å². The van der Waals surface area contributed by atoms with E-state index in [9.17, 15) is 9.59 Å². The highest BCUT2D eigenvalue weighted by Crippen LogP contribution is 2.12. The smallest absolute Gasteiger partial charge is 0.170 e. The van der Waals surface area contributed by atoms with Crippen molar-refractivity contribution >= 4 is 11.6 Å². The molecule has 0 amide bonds. The number of ketones is 2. The third kappa shape index (κ3) is 3.14. The van der Waals surface area contributed by atoms with Crippen molar-refractivity contribution in [1.82, 2.24) is 0 Å². The van der Waals surface area contributed by atoms with Crippen molar-refractivity contribution in [3.8, 4) is 0 Å². The van der Waals surface area contributed by atoms with Gasteiger partial charge in [-0.15, -0.1) is 0 Å². The van der Waals surface area contributed by atoms with Crippen molar-refractivity contribution < 1.29 is 9.59 Å². The van der Waals surface area contributed by atoms with Gasteiger partial charge in [0.15, 0.2) is 11.6 Å². The van der Waals surface area contributed by atoms with Gasteiger partial charge in [-0.25, -0.2) is 0 Å². The molecule has 0 unspecified atom stereocenters. The van der Waals surface area contributed by atoms with E-state index in [0.717, 1.165) is 0 Å². The van der Waals surface area contributed by atoms with E-state index in [-0.39, 0.29) is 18.0 Å². The van der Waals surface area contributed by atoms with Crippen molar-refractivity contribution in [3.05, 3.63) is 71.8 Å². The molecule has 1 aromatic carbocycles. The summed E-state index contributed by atoms with van der Waals surface area (Å²) in [6.07, 6.45) is 9.82. The van der Waals surface area contributed by atoms with Gasteiger partial charge in [-0.05, 0) is 12.0 Å². The number of hydrogen-bond donors (Lipinski definition) is 0. The van der Waals surface area contributed by atoms with E-state index in [1.54, 1.807) is 30.3 Å². The normalized spacial score (nSPS) is 13.9. The number of benzene rings is 1. The summed E-state index contributed by atoms with van der Waals surface area (Å²) < 4.78 is 0. The van der Waals surface area contributed by atoms with Gasteiger partial charge < -0.3 is 0 Å². The summed E-state index contributed by atoms with van der Waals surface area (Å²) in [5.41, 5.74) is 1.27. The first-order valence-electron chi connectivity index (χ1n) is 5.91. The first-order chi connectivity index (χ1) is 8.77. The van der Waals surface area contributed by atoms with Crippen molar-refractivity contribution in [3.63, 3.8) is 0 Å². The molecule has 0 saturated carbocycles. The minimum atomic E-state index is -0.126. The van der Waals surface area contributed by atoms with Crippen LogP contribution in [0.3, 0.4) is 0 Å². The second-order valence-corrected chi connectivity index (χ2v) is 4.10. The van der Waals surface area contributed by atoms with Crippen molar-refractivity contribution in [2.24, 2.45) is 0 Å². The number of allylic oxidation sites excluding steroid dienone is 6. The Balaban J connectivity index is 2.04. The van der Waals surface area contributed by atoms with E-state index >= 15 is 0 Å². The van der Waals surface area contributed by atoms with E-state index in [1.807, 2.05) is 30.4 Å². The maximum Gasteiger partial charge on any atom is 0.170 e. The summed E-state index contributed by atoms with van der Waals surface area (Å²) >= 11 is 0. The largest absolute Gasteiger partial charge is 0.294 e. The zero-order chi connectivity index (χ0) is 12.8. The maximum absolute atomic E-state index is 12.0. The Hall–Kier alpha value is -2.22. The Morgan fingerprint density at radius 1 is 0.944 bits per heavy atom. The Morgan fingerprint density at radius 2 is 1.72 bits per heavy atom. The molecule has 90 valence electrons. The number of carbonyl (C=O) groups excluding carboxylic acids is 2. The summed E-state index contributed by atoms with van der Waals surface area (Å²) in [5.74, 6) is -0.223. The third-order valence-corrected chi connectivity index (χ3v) is 2.77. The Labute approximate surface area is 106 Å². The first-order valence-corrected chi connectivity index (χ1v) is 5.91. The molecule has 2 heteroatoms. The van der Waals surface area contributed by atoms with Gasteiger partial charge >= 0.3 is 0 Å². The van der Waals surface area contributed by atoms with Crippen LogP contribution in [0, 0.1) is 0 Å². The van der Waals surface area contributed by atoms with Crippen LogP contribution in [0.5, 0.6) is 0 Å². The van der Waals surface area contributed by atoms with Gasteiger partial charge in [0.1, 0.15) is 0 Å². The van der Waals surface area contributed by atoms with Crippen molar-refractivity contribution in [1.29, 1.82) is 0 Å². The summed E-state index contributed by atoms with van der Waals surface area (Å²) in [6.45, 7) is 0. The second kappa shape index (κ2) is 5.92. The predicted molar refractivity (Wildman–Crippen MR) is 71.4 cm³/mol. The molecule has 1 aliphatic carbocycles. The highest BCUT2D eigenvalue weighted by atomic mass is 16.1. The van der Waals surface area contributed by atoms with Crippen LogP contribution in [0.15, 0.2) is 66.3 Å². The fraction of sp³-hybridized carbons (Fsp3) is 0.125. The molecule has 0 fully saturated rings. The Kier molecular flexibility index (Phi) is 4.02. The second-order valence-electron chi connectivity index (χ2n) is 4.10. The van der Waals surface area contributed by atoms with Gasteiger partial charge in [-0.2, -0.15) is 0 Å². The molecule has 0 saturated heterocycles. The molecule has 0 heterocycles. The maximum atomic E-state index is 12.0. The van der Waals surface area contributed by atoms with E-state index in [1.165, 1.54) is 0 Å². The molecule has 0 bridgehead atoms. The quantitative estimate of drug-likeness (QED) is 0.596. The molecule has 0 aliphatic heterocycles. The van der Waals surface area contributed by atoms with E-state index in [2.05, 4.69) is 0 Å². The molecule has 0 radical (unpaired) electrons. The van der Waals surface area contributed by atoms with Crippen LogP contribution < -0.4 is 0 Å². The number of rotatable bonds is 4. The van der Waals surface area contributed by atoms with Crippen LogP contribution >= 0.6 is 0 Å². The summed E-state index contributed by atoms with van der Waals surface area (Å²) in [5, 5.41) is 0. The van der Waals surface area contributed by atoms with Gasteiger partial charge in [0.25, 0.3) is 0 Å². The molecule has 2 nitrogen and oxygen atoms in total. The molecular weight excluding hydrogens is 224 g/mol. The van der Waals surface area contributed by atoms with Crippen molar-refractivity contribution in [2.75, 3.05) is 0 Å². The Bertz CT molecular complexity index is 533.